The molecule has 2 rings (SSSR count). The Labute approximate surface area is 96.5 Å². The molecule has 0 radical (unpaired) electrons. The third kappa shape index (κ3) is 2.12. The van der Waals surface area contributed by atoms with Crippen molar-refractivity contribution in [3.63, 3.8) is 0 Å². The number of hydrogen-bond donors (Lipinski definition) is 0. The Balaban J connectivity index is 2.02. The number of amides is 3. The molecule has 7 nitrogen and oxygen atoms in total. The van der Waals surface area contributed by atoms with Gasteiger partial charge in [0.1, 0.15) is 0 Å². The summed E-state index contributed by atoms with van der Waals surface area (Å²) in [4.78, 5) is 39.8. The molecule has 0 spiro atoms. The van der Waals surface area contributed by atoms with Crippen LogP contribution in [-0.4, -0.2) is 30.0 Å². The molecule has 1 saturated heterocycles. The number of nitrogens with zero attached hydrogens (tertiary/aromatic N) is 2. The summed E-state index contributed by atoms with van der Waals surface area (Å²) >= 11 is 0. The normalized spacial score (nSPS) is 15.2. The molecule has 3 amide bonds. The van der Waals surface area contributed by atoms with Gasteiger partial charge in [-0.15, -0.1) is 5.06 Å². The predicted octanol–water partition coefficient (Wildman–Crippen LogP) is 0.916. The van der Waals surface area contributed by atoms with Gasteiger partial charge in [-0.05, 0) is 6.07 Å². The fourth-order valence-electron chi connectivity index (χ4n) is 1.35. The van der Waals surface area contributed by atoms with Crippen LogP contribution in [0.5, 0.6) is 0 Å². The molecule has 0 aliphatic carbocycles. The average molecular weight is 238 g/mol. The van der Waals surface area contributed by atoms with Crippen molar-refractivity contribution in [1.29, 1.82) is 0 Å². The second-order valence-corrected chi connectivity index (χ2v) is 3.45. The van der Waals surface area contributed by atoms with E-state index in [9.17, 15) is 14.4 Å². The summed E-state index contributed by atoms with van der Waals surface area (Å²) in [5, 5.41) is 0.488. The molecule has 7 heteroatoms. The Hall–Kier alpha value is -2.31. The number of carbonyl (C=O) groups is 3. The number of carbonyl (C=O) groups excluding carboxylic acids is 3. The highest BCUT2D eigenvalue weighted by molar-refractivity contribution is 6.02. The van der Waals surface area contributed by atoms with Gasteiger partial charge < -0.3 is 9.25 Å². The molecule has 0 atom stereocenters. The minimum Gasteiger partial charge on any atom is -0.448 e. The fraction of sp³-hybridized carbons (Fsp3) is 0.300. The van der Waals surface area contributed by atoms with Crippen molar-refractivity contribution in [2.45, 2.75) is 12.8 Å². The van der Waals surface area contributed by atoms with Crippen molar-refractivity contribution >= 4 is 23.8 Å². The van der Waals surface area contributed by atoms with Gasteiger partial charge in [-0.1, -0.05) is 0 Å². The van der Waals surface area contributed by atoms with Crippen molar-refractivity contribution in [3.8, 4) is 0 Å². The van der Waals surface area contributed by atoms with E-state index < -0.39 is 17.9 Å². The lowest BCUT2D eigenvalue weighted by molar-refractivity contribution is -0.170. The first-order valence-corrected chi connectivity index (χ1v) is 4.94. The van der Waals surface area contributed by atoms with Crippen molar-refractivity contribution in [1.82, 2.24) is 5.06 Å². The predicted molar refractivity (Wildman–Crippen MR) is 54.7 cm³/mol. The van der Waals surface area contributed by atoms with E-state index in [0.717, 1.165) is 4.90 Å². The first-order valence-electron chi connectivity index (χ1n) is 4.94. The van der Waals surface area contributed by atoms with E-state index in [1.54, 1.807) is 12.1 Å². The number of anilines is 1. The topological polar surface area (TPSA) is 80.1 Å². The fourth-order valence-corrected chi connectivity index (χ4v) is 1.35. The molecule has 0 bridgehead atoms. The van der Waals surface area contributed by atoms with Crippen molar-refractivity contribution in [3.05, 3.63) is 18.4 Å². The smallest absolute Gasteiger partial charge is 0.441 e. The van der Waals surface area contributed by atoms with Crippen LogP contribution in [0.1, 0.15) is 12.8 Å². The van der Waals surface area contributed by atoms with E-state index in [4.69, 9.17) is 4.42 Å². The molecule has 17 heavy (non-hydrogen) atoms. The summed E-state index contributed by atoms with van der Waals surface area (Å²) < 4.78 is 4.97. The van der Waals surface area contributed by atoms with Gasteiger partial charge in [-0.25, -0.2) is 9.69 Å². The van der Waals surface area contributed by atoms with Crippen LogP contribution in [0.2, 0.25) is 0 Å². The van der Waals surface area contributed by atoms with Gasteiger partial charge in [0, 0.05) is 26.0 Å². The van der Waals surface area contributed by atoms with E-state index in [0.29, 0.717) is 5.06 Å². The number of hydrogen-bond acceptors (Lipinski definition) is 5. The number of hydroxylamine groups is 2. The highest BCUT2D eigenvalue weighted by atomic mass is 16.7. The van der Waals surface area contributed by atoms with E-state index in [1.807, 2.05) is 0 Å². The van der Waals surface area contributed by atoms with E-state index in [-0.39, 0.29) is 18.7 Å². The zero-order valence-corrected chi connectivity index (χ0v) is 9.08. The third-order valence-corrected chi connectivity index (χ3v) is 2.29. The number of furan rings is 1. The van der Waals surface area contributed by atoms with Crippen LogP contribution in [0.3, 0.4) is 0 Å². The average Bonchev–Trinajstić information content (AvgIpc) is 2.93. The van der Waals surface area contributed by atoms with Crippen LogP contribution < -0.4 is 4.90 Å². The Morgan fingerprint density at radius 2 is 2.06 bits per heavy atom. The molecule has 1 aromatic heterocycles. The molecule has 1 aliphatic heterocycles. The summed E-state index contributed by atoms with van der Waals surface area (Å²) in [6.45, 7) is 0. The largest absolute Gasteiger partial charge is 0.448 e. The summed E-state index contributed by atoms with van der Waals surface area (Å²) in [6, 6.07) is 3.15. The van der Waals surface area contributed by atoms with Gasteiger partial charge in [0.15, 0.2) is 0 Å². The van der Waals surface area contributed by atoms with E-state index in [2.05, 4.69) is 4.84 Å². The van der Waals surface area contributed by atoms with Crippen LogP contribution in [0.4, 0.5) is 10.7 Å². The molecule has 0 saturated carbocycles. The minimum atomic E-state index is -0.858. The molecular weight excluding hydrogens is 228 g/mol. The summed E-state index contributed by atoms with van der Waals surface area (Å²) in [5.74, 6) is -0.776. The Bertz CT molecular complexity index is 437. The van der Waals surface area contributed by atoms with Gasteiger partial charge >= 0.3 is 6.09 Å². The highest BCUT2D eigenvalue weighted by Crippen LogP contribution is 2.17. The van der Waals surface area contributed by atoms with Crippen LogP contribution in [-0.2, 0) is 14.4 Å². The highest BCUT2D eigenvalue weighted by Gasteiger charge is 2.34. The monoisotopic (exact) mass is 238 g/mol. The van der Waals surface area contributed by atoms with Gasteiger partial charge in [-0.2, -0.15) is 0 Å². The Morgan fingerprint density at radius 1 is 1.41 bits per heavy atom. The zero-order chi connectivity index (χ0) is 12.4. The standard InChI is InChI=1S/C10H10N2O5/c1-11(9-3-2-6-16-9)10(15)17-12-7(13)4-5-8(12)14/h2-3,6H,4-5H2,1H3. The molecular formula is C10H10N2O5. The molecule has 0 aromatic carbocycles. The minimum absolute atomic E-state index is 0.0661. The second-order valence-electron chi connectivity index (χ2n) is 3.45. The first-order chi connectivity index (χ1) is 8.09. The molecule has 1 aliphatic rings. The molecule has 0 unspecified atom stereocenters. The lowest BCUT2D eigenvalue weighted by Crippen LogP contribution is -2.37. The van der Waals surface area contributed by atoms with Crippen molar-refractivity contribution < 1.29 is 23.6 Å². The molecule has 90 valence electrons. The van der Waals surface area contributed by atoms with Crippen molar-refractivity contribution in [2.24, 2.45) is 0 Å². The number of rotatable bonds is 2. The molecule has 2 heterocycles. The maximum atomic E-state index is 11.6. The van der Waals surface area contributed by atoms with Gasteiger partial charge in [0.2, 0.25) is 5.88 Å². The van der Waals surface area contributed by atoms with Crippen LogP contribution in [0, 0.1) is 0 Å². The molecule has 0 N–H and O–H groups in total. The van der Waals surface area contributed by atoms with Crippen molar-refractivity contribution in [2.75, 3.05) is 11.9 Å². The zero-order valence-electron chi connectivity index (χ0n) is 9.08. The van der Waals surface area contributed by atoms with Gasteiger partial charge in [0.25, 0.3) is 11.8 Å². The van der Waals surface area contributed by atoms with Gasteiger partial charge in [-0.3, -0.25) is 9.59 Å². The Morgan fingerprint density at radius 3 is 2.59 bits per heavy atom. The molecule has 1 aromatic rings. The molecule has 1 fully saturated rings. The van der Waals surface area contributed by atoms with Crippen LogP contribution in [0.25, 0.3) is 0 Å². The quantitative estimate of drug-likeness (QED) is 0.715. The lowest BCUT2D eigenvalue weighted by atomic mass is 10.4. The maximum Gasteiger partial charge on any atom is 0.441 e. The summed E-state index contributed by atoms with van der Waals surface area (Å²) in [5.41, 5.74) is 0. The maximum absolute atomic E-state index is 11.6. The SMILES string of the molecule is CN(C(=O)ON1C(=O)CCC1=O)c1ccco1. The van der Waals surface area contributed by atoms with E-state index in [1.165, 1.54) is 13.3 Å². The van der Waals surface area contributed by atoms with E-state index >= 15 is 0 Å². The lowest BCUT2D eigenvalue weighted by Gasteiger charge is -2.17. The third-order valence-electron chi connectivity index (χ3n) is 2.29. The first kappa shape index (κ1) is 11.2. The second kappa shape index (κ2) is 4.28. The Kier molecular flexibility index (Phi) is 2.82. The summed E-state index contributed by atoms with van der Waals surface area (Å²) in [6.07, 6.45) is 0.668. The van der Waals surface area contributed by atoms with Crippen LogP contribution >= 0.6 is 0 Å². The van der Waals surface area contributed by atoms with Gasteiger partial charge in [0.05, 0.1) is 6.26 Å². The number of imide groups is 1. The van der Waals surface area contributed by atoms with Crippen LogP contribution in [0.15, 0.2) is 22.8 Å². The summed E-state index contributed by atoms with van der Waals surface area (Å²) in [7, 11) is 1.41.